The molecule has 0 aliphatic heterocycles. The van der Waals surface area contributed by atoms with E-state index in [-0.39, 0.29) is 5.54 Å². The Kier molecular flexibility index (Phi) is 2.44. The Bertz CT molecular complexity index is 444. The van der Waals surface area contributed by atoms with Crippen molar-refractivity contribution in [2.24, 2.45) is 11.7 Å². The molecule has 0 heterocycles. The lowest BCUT2D eigenvalue weighted by Gasteiger charge is -2.19. The molecule has 2 aliphatic carbocycles. The molecule has 1 aromatic carbocycles. The summed E-state index contributed by atoms with van der Waals surface area (Å²) in [5.74, 6) is 1.85. The summed E-state index contributed by atoms with van der Waals surface area (Å²) in [6, 6.07) is 4.33. The molecule has 2 aliphatic rings. The van der Waals surface area contributed by atoms with Crippen molar-refractivity contribution >= 4 is 0 Å². The van der Waals surface area contributed by atoms with Crippen molar-refractivity contribution in [3.8, 4) is 5.75 Å². The van der Waals surface area contributed by atoms with Crippen molar-refractivity contribution in [3.05, 3.63) is 28.8 Å². The van der Waals surface area contributed by atoms with Gasteiger partial charge in [-0.1, -0.05) is 12.1 Å². The highest BCUT2D eigenvalue weighted by Crippen LogP contribution is 2.48. The average molecular weight is 231 g/mol. The predicted octanol–water partition coefficient (Wildman–Crippen LogP) is 3.04. The molecule has 0 aromatic heterocycles. The minimum atomic E-state index is -0.0999. The standard InChI is InChI=1S/C15H21NO/c1-10-3-6-13(15(16)7-8-15)14(11(10)2)17-9-12-4-5-12/h3,6,12H,4-5,7-9,16H2,1-2H3. The van der Waals surface area contributed by atoms with Crippen LogP contribution in [0.4, 0.5) is 0 Å². The second-order valence-corrected chi connectivity index (χ2v) is 5.79. The quantitative estimate of drug-likeness (QED) is 0.864. The van der Waals surface area contributed by atoms with E-state index in [0.29, 0.717) is 0 Å². The summed E-state index contributed by atoms with van der Waals surface area (Å²) in [6.07, 6.45) is 4.84. The fourth-order valence-corrected chi connectivity index (χ4v) is 2.26. The van der Waals surface area contributed by atoms with E-state index >= 15 is 0 Å². The van der Waals surface area contributed by atoms with Crippen molar-refractivity contribution in [3.63, 3.8) is 0 Å². The summed E-state index contributed by atoms with van der Waals surface area (Å²) in [7, 11) is 0. The molecule has 0 amide bonds. The van der Waals surface area contributed by atoms with Crippen molar-refractivity contribution in [2.75, 3.05) is 6.61 Å². The monoisotopic (exact) mass is 231 g/mol. The van der Waals surface area contributed by atoms with Gasteiger partial charge in [0.1, 0.15) is 5.75 Å². The van der Waals surface area contributed by atoms with Crippen LogP contribution in [0.15, 0.2) is 12.1 Å². The third kappa shape index (κ3) is 2.06. The highest BCUT2D eigenvalue weighted by Gasteiger charge is 2.42. The minimum Gasteiger partial charge on any atom is -0.493 e. The maximum absolute atomic E-state index is 6.33. The number of benzene rings is 1. The number of nitrogens with two attached hydrogens (primary N) is 1. The molecular formula is C15H21NO. The van der Waals surface area contributed by atoms with Gasteiger partial charge in [-0.2, -0.15) is 0 Å². The fourth-order valence-electron chi connectivity index (χ4n) is 2.26. The van der Waals surface area contributed by atoms with Gasteiger partial charge in [0.2, 0.25) is 0 Å². The number of hydrogen-bond donors (Lipinski definition) is 1. The summed E-state index contributed by atoms with van der Waals surface area (Å²) < 4.78 is 6.06. The van der Waals surface area contributed by atoms with Crippen LogP contribution in [0.2, 0.25) is 0 Å². The Morgan fingerprint density at radius 1 is 1.29 bits per heavy atom. The van der Waals surface area contributed by atoms with Crippen LogP contribution in [0.5, 0.6) is 5.75 Å². The van der Waals surface area contributed by atoms with Gasteiger partial charge in [-0.15, -0.1) is 0 Å². The first-order valence-electron chi connectivity index (χ1n) is 6.62. The van der Waals surface area contributed by atoms with Gasteiger partial charge in [-0.05, 0) is 56.6 Å². The van der Waals surface area contributed by atoms with Crippen LogP contribution >= 0.6 is 0 Å². The normalized spacial score (nSPS) is 21.4. The largest absolute Gasteiger partial charge is 0.493 e. The summed E-state index contributed by atoms with van der Waals surface area (Å²) >= 11 is 0. The molecule has 3 rings (SSSR count). The first-order chi connectivity index (χ1) is 8.10. The number of aryl methyl sites for hydroxylation is 1. The topological polar surface area (TPSA) is 35.2 Å². The molecule has 0 bridgehead atoms. The first kappa shape index (κ1) is 11.1. The van der Waals surface area contributed by atoms with Gasteiger partial charge in [-0.25, -0.2) is 0 Å². The predicted molar refractivity (Wildman–Crippen MR) is 69.2 cm³/mol. The van der Waals surface area contributed by atoms with Crippen LogP contribution < -0.4 is 10.5 Å². The van der Waals surface area contributed by atoms with Crippen molar-refractivity contribution in [2.45, 2.75) is 45.1 Å². The fraction of sp³-hybridized carbons (Fsp3) is 0.600. The van der Waals surface area contributed by atoms with Gasteiger partial charge in [0.05, 0.1) is 6.61 Å². The van der Waals surface area contributed by atoms with Crippen LogP contribution in [-0.4, -0.2) is 6.61 Å². The zero-order chi connectivity index (χ0) is 12.0. The van der Waals surface area contributed by atoms with Crippen LogP contribution in [0, 0.1) is 19.8 Å². The van der Waals surface area contributed by atoms with Gasteiger partial charge in [-0.3, -0.25) is 0 Å². The van der Waals surface area contributed by atoms with E-state index < -0.39 is 0 Å². The first-order valence-corrected chi connectivity index (χ1v) is 6.62. The SMILES string of the molecule is Cc1ccc(C2(N)CC2)c(OCC2CC2)c1C. The average Bonchev–Trinajstić information content (AvgIpc) is 3.18. The maximum Gasteiger partial charge on any atom is 0.127 e. The Hall–Kier alpha value is -1.02. The molecule has 2 nitrogen and oxygen atoms in total. The van der Waals surface area contributed by atoms with Crippen LogP contribution in [-0.2, 0) is 5.54 Å². The molecule has 2 N–H and O–H groups in total. The minimum absolute atomic E-state index is 0.0999. The van der Waals surface area contributed by atoms with Gasteiger partial charge >= 0.3 is 0 Å². The molecule has 1 aromatic rings. The maximum atomic E-state index is 6.33. The molecule has 0 unspecified atom stereocenters. The van der Waals surface area contributed by atoms with E-state index in [2.05, 4.69) is 26.0 Å². The number of hydrogen-bond acceptors (Lipinski definition) is 2. The molecule has 0 saturated heterocycles. The second-order valence-electron chi connectivity index (χ2n) is 5.79. The second kappa shape index (κ2) is 3.74. The van der Waals surface area contributed by atoms with Crippen molar-refractivity contribution in [1.29, 1.82) is 0 Å². The summed E-state index contributed by atoms with van der Waals surface area (Å²) in [5.41, 5.74) is 10.0. The van der Waals surface area contributed by atoms with Crippen molar-refractivity contribution < 1.29 is 4.74 Å². The highest BCUT2D eigenvalue weighted by atomic mass is 16.5. The highest BCUT2D eigenvalue weighted by molar-refractivity contribution is 5.50. The van der Waals surface area contributed by atoms with Crippen LogP contribution in [0.3, 0.4) is 0 Å². The molecule has 2 saturated carbocycles. The van der Waals surface area contributed by atoms with E-state index in [0.717, 1.165) is 31.1 Å². The van der Waals surface area contributed by atoms with E-state index in [1.807, 2.05) is 0 Å². The molecule has 2 heteroatoms. The lowest BCUT2D eigenvalue weighted by atomic mass is 9.98. The molecule has 92 valence electrons. The van der Waals surface area contributed by atoms with Gasteiger partial charge < -0.3 is 10.5 Å². The van der Waals surface area contributed by atoms with Crippen LogP contribution in [0.1, 0.15) is 42.4 Å². The van der Waals surface area contributed by atoms with Gasteiger partial charge in [0, 0.05) is 11.1 Å². The number of ether oxygens (including phenoxy) is 1. The molecule has 2 fully saturated rings. The van der Waals surface area contributed by atoms with E-state index in [1.54, 1.807) is 0 Å². The molecule has 0 spiro atoms. The Balaban J connectivity index is 1.92. The molecule has 0 radical (unpaired) electrons. The van der Waals surface area contributed by atoms with Gasteiger partial charge in [0.25, 0.3) is 0 Å². The van der Waals surface area contributed by atoms with Gasteiger partial charge in [0.15, 0.2) is 0 Å². The Labute approximate surface area is 103 Å². The van der Waals surface area contributed by atoms with Crippen LogP contribution in [0.25, 0.3) is 0 Å². The van der Waals surface area contributed by atoms with E-state index in [9.17, 15) is 0 Å². The number of rotatable bonds is 4. The summed E-state index contributed by atoms with van der Waals surface area (Å²) in [5, 5.41) is 0. The summed E-state index contributed by atoms with van der Waals surface area (Å²) in [6.45, 7) is 5.15. The van der Waals surface area contributed by atoms with E-state index in [4.69, 9.17) is 10.5 Å². The lowest BCUT2D eigenvalue weighted by Crippen LogP contribution is -2.21. The lowest BCUT2D eigenvalue weighted by molar-refractivity contribution is 0.292. The Morgan fingerprint density at radius 2 is 2.00 bits per heavy atom. The Morgan fingerprint density at radius 3 is 2.59 bits per heavy atom. The molecular weight excluding hydrogens is 210 g/mol. The van der Waals surface area contributed by atoms with E-state index in [1.165, 1.54) is 29.5 Å². The third-order valence-corrected chi connectivity index (χ3v) is 4.16. The smallest absolute Gasteiger partial charge is 0.127 e. The summed E-state index contributed by atoms with van der Waals surface area (Å²) in [4.78, 5) is 0. The molecule has 0 atom stereocenters. The zero-order valence-corrected chi connectivity index (χ0v) is 10.8. The molecule has 17 heavy (non-hydrogen) atoms. The zero-order valence-electron chi connectivity index (χ0n) is 10.8. The van der Waals surface area contributed by atoms with Crippen molar-refractivity contribution in [1.82, 2.24) is 0 Å². The third-order valence-electron chi connectivity index (χ3n) is 4.16.